The highest BCUT2D eigenvalue weighted by atomic mass is 32.2. The number of hydrogen-bond donors (Lipinski definition) is 2. The number of aliphatic hydroxyl groups excluding tert-OH is 1. The van der Waals surface area contributed by atoms with Gasteiger partial charge in [0.05, 0.1) is 6.61 Å². The number of fused-ring (bicyclic) bond motifs is 2. The first kappa shape index (κ1) is 14.9. The van der Waals surface area contributed by atoms with Gasteiger partial charge in [-0.25, -0.2) is 17.5 Å². The maximum atomic E-state index is 13.8. The standard InChI is InChI=1S/C15H20FNO3S/c16-14-4-2-11(9-18)7-15(14)21(19,20)17-8-13-6-10-1-3-12(13)5-10/h2,4,7,10,12-13,17-18H,1,3,5-6,8-9H2. The molecule has 2 aliphatic rings. The molecule has 21 heavy (non-hydrogen) atoms. The predicted octanol–water partition coefficient (Wildman–Crippen LogP) is 2.03. The van der Waals surface area contributed by atoms with Crippen molar-refractivity contribution in [1.82, 2.24) is 4.72 Å². The Labute approximate surface area is 124 Å². The van der Waals surface area contributed by atoms with Crippen molar-refractivity contribution in [2.75, 3.05) is 6.54 Å². The van der Waals surface area contributed by atoms with Gasteiger partial charge in [-0.05, 0) is 54.7 Å². The highest BCUT2D eigenvalue weighted by Gasteiger charge is 2.39. The zero-order valence-corrected chi connectivity index (χ0v) is 12.6. The van der Waals surface area contributed by atoms with Crippen molar-refractivity contribution >= 4 is 10.0 Å². The van der Waals surface area contributed by atoms with Gasteiger partial charge in [0, 0.05) is 6.54 Å². The molecule has 0 amide bonds. The number of sulfonamides is 1. The molecule has 3 atom stereocenters. The normalized spacial score (nSPS) is 28.2. The first-order valence-electron chi connectivity index (χ1n) is 7.38. The Hall–Kier alpha value is -0.980. The van der Waals surface area contributed by atoms with Crippen molar-refractivity contribution in [2.45, 2.75) is 37.2 Å². The van der Waals surface area contributed by atoms with E-state index in [1.807, 2.05) is 0 Å². The summed E-state index contributed by atoms with van der Waals surface area (Å²) in [5.74, 6) is 0.959. The zero-order chi connectivity index (χ0) is 15.0. The molecule has 1 aromatic rings. The molecule has 2 bridgehead atoms. The molecule has 3 rings (SSSR count). The van der Waals surface area contributed by atoms with Crippen molar-refractivity contribution in [3.63, 3.8) is 0 Å². The Morgan fingerprint density at radius 1 is 1.29 bits per heavy atom. The van der Waals surface area contributed by atoms with Crippen LogP contribution in [-0.4, -0.2) is 20.1 Å². The topological polar surface area (TPSA) is 66.4 Å². The number of nitrogens with one attached hydrogen (secondary N) is 1. The van der Waals surface area contributed by atoms with Crippen LogP contribution in [0.1, 0.15) is 31.2 Å². The van der Waals surface area contributed by atoms with Gasteiger partial charge in [0.2, 0.25) is 10.0 Å². The van der Waals surface area contributed by atoms with E-state index in [1.54, 1.807) is 0 Å². The highest BCUT2D eigenvalue weighted by Crippen LogP contribution is 2.48. The van der Waals surface area contributed by atoms with Gasteiger partial charge in [-0.2, -0.15) is 0 Å². The lowest BCUT2D eigenvalue weighted by atomic mass is 9.89. The first-order valence-corrected chi connectivity index (χ1v) is 8.87. The minimum atomic E-state index is -3.86. The van der Waals surface area contributed by atoms with Gasteiger partial charge in [0.1, 0.15) is 10.7 Å². The maximum absolute atomic E-state index is 13.8. The fraction of sp³-hybridized carbons (Fsp3) is 0.600. The Balaban J connectivity index is 1.72. The molecule has 3 unspecified atom stereocenters. The van der Waals surface area contributed by atoms with E-state index in [0.29, 0.717) is 23.9 Å². The van der Waals surface area contributed by atoms with E-state index < -0.39 is 15.8 Å². The number of aliphatic hydroxyl groups is 1. The van der Waals surface area contributed by atoms with Crippen molar-refractivity contribution in [1.29, 1.82) is 0 Å². The lowest BCUT2D eigenvalue weighted by Crippen LogP contribution is -2.32. The van der Waals surface area contributed by atoms with Crippen molar-refractivity contribution in [3.8, 4) is 0 Å². The van der Waals surface area contributed by atoms with Gasteiger partial charge < -0.3 is 5.11 Å². The molecular weight excluding hydrogens is 293 g/mol. The molecule has 4 nitrogen and oxygen atoms in total. The smallest absolute Gasteiger partial charge is 0.243 e. The molecule has 0 aliphatic heterocycles. The maximum Gasteiger partial charge on any atom is 0.243 e. The van der Waals surface area contributed by atoms with Gasteiger partial charge in [-0.1, -0.05) is 12.5 Å². The molecule has 0 aromatic heterocycles. The summed E-state index contributed by atoms with van der Waals surface area (Å²) in [6.07, 6.45) is 4.74. The summed E-state index contributed by atoms with van der Waals surface area (Å²) in [6, 6.07) is 3.65. The third-order valence-electron chi connectivity index (χ3n) is 4.89. The quantitative estimate of drug-likeness (QED) is 0.874. The van der Waals surface area contributed by atoms with E-state index in [4.69, 9.17) is 5.11 Å². The Morgan fingerprint density at radius 2 is 2.10 bits per heavy atom. The second-order valence-corrected chi connectivity index (χ2v) is 7.95. The third-order valence-corrected chi connectivity index (χ3v) is 6.33. The summed E-state index contributed by atoms with van der Waals surface area (Å²) >= 11 is 0. The molecule has 116 valence electrons. The number of benzene rings is 1. The summed E-state index contributed by atoms with van der Waals surface area (Å²) in [7, 11) is -3.86. The largest absolute Gasteiger partial charge is 0.392 e. The van der Waals surface area contributed by atoms with Crippen LogP contribution in [-0.2, 0) is 16.6 Å². The fourth-order valence-electron chi connectivity index (χ4n) is 3.77. The van der Waals surface area contributed by atoms with Crippen LogP contribution in [0.25, 0.3) is 0 Å². The molecular formula is C15H20FNO3S. The molecule has 2 N–H and O–H groups in total. The van der Waals surface area contributed by atoms with Crippen LogP contribution in [0.15, 0.2) is 23.1 Å². The van der Waals surface area contributed by atoms with Gasteiger partial charge >= 0.3 is 0 Å². The molecule has 2 saturated carbocycles. The van der Waals surface area contributed by atoms with Crippen LogP contribution >= 0.6 is 0 Å². The zero-order valence-electron chi connectivity index (χ0n) is 11.8. The van der Waals surface area contributed by atoms with E-state index in [2.05, 4.69) is 4.72 Å². The minimum Gasteiger partial charge on any atom is -0.392 e. The Kier molecular flexibility index (Phi) is 4.03. The molecule has 2 aliphatic carbocycles. The van der Waals surface area contributed by atoms with E-state index in [-0.39, 0.29) is 11.5 Å². The number of halogens is 1. The summed E-state index contributed by atoms with van der Waals surface area (Å²) in [6.45, 7) is 0.0709. The number of hydrogen-bond acceptors (Lipinski definition) is 3. The summed E-state index contributed by atoms with van der Waals surface area (Å²) in [4.78, 5) is -0.378. The molecule has 2 fully saturated rings. The van der Waals surface area contributed by atoms with Gasteiger partial charge in [0.15, 0.2) is 0 Å². The van der Waals surface area contributed by atoms with E-state index in [0.717, 1.165) is 18.4 Å². The van der Waals surface area contributed by atoms with Crippen LogP contribution in [0.5, 0.6) is 0 Å². The lowest BCUT2D eigenvalue weighted by Gasteiger charge is -2.21. The monoisotopic (exact) mass is 313 g/mol. The molecule has 0 saturated heterocycles. The lowest BCUT2D eigenvalue weighted by molar-refractivity contribution is 0.281. The molecule has 1 aromatic carbocycles. The molecule has 0 heterocycles. The van der Waals surface area contributed by atoms with Gasteiger partial charge in [-0.15, -0.1) is 0 Å². The van der Waals surface area contributed by atoms with Crippen LogP contribution < -0.4 is 4.72 Å². The van der Waals surface area contributed by atoms with E-state index in [9.17, 15) is 12.8 Å². The van der Waals surface area contributed by atoms with Gasteiger partial charge in [-0.3, -0.25) is 0 Å². The summed E-state index contributed by atoms with van der Waals surface area (Å²) in [5, 5.41) is 9.05. The average molecular weight is 313 g/mol. The van der Waals surface area contributed by atoms with Crippen molar-refractivity contribution in [2.24, 2.45) is 17.8 Å². The number of rotatable bonds is 5. The van der Waals surface area contributed by atoms with E-state index >= 15 is 0 Å². The second-order valence-electron chi connectivity index (χ2n) is 6.21. The Bertz CT molecular complexity index is 632. The van der Waals surface area contributed by atoms with Crippen LogP contribution in [0.3, 0.4) is 0 Å². The van der Waals surface area contributed by atoms with Gasteiger partial charge in [0.25, 0.3) is 0 Å². The average Bonchev–Trinajstić information content (AvgIpc) is 3.08. The fourth-order valence-corrected chi connectivity index (χ4v) is 4.99. The SMILES string of the molecule is O=S(=O)(NCC1CC2CCC1C2)c1cc(CO)ccc1F. The predicted molar refractivity (Wildman–Crippen MR) is 76.4 cm³/mol. The summed E-state index contributed by atoms with van der Waals surface area (Å²) < 4.78 is 40.8. The van der Waals surface area contributed by atoms with Crippen LogP contribution in [0, 0.1) is 23.6 Å². The molecule has 0 radical (unpaired) electrons. The second kappa shape index (κ2) is 5.66. The van der Waals surface area contributed by atoms with E-state index in [1.165, 1.54) is 31.4 Å². The third kappa shape index (κ3) is 2.98. The Morgan fingerprint density at radius 3 is 2.71 bits per heavy atom. The van der Waals surface area contributed by atoms with Crippen LogP contribution in [0.4, 0.5) is 4.39 Å². The molecule has 0 spiro atoms. The highest BCUT2D eigenvalue weighted by molar-refractivity contribution is 7.89. The van der Waals surface area contributed by atoms with Crippen molar-refractivity contribution in [3.05, 3.63) is 29.6 Å². The summed E-state index contributed by atoms with van der Waals surface area (Å²) in [5.41, 5.74) is 0.386. The first-order chi connectivity index (χ1) is 9.99. The van der Waals surface area contributed by atoms with Crippen molar-refractivity contribution < 1.29 is 17.9 Å². The molecule has 6 heteroatoms. The van der Waals surface area contributed by atoms with Crippen LogP contribution in [0.2, 0.25) is 0 Å². The minimum absolute atomic E-state index is 0.310.